The van der Waals surface area contributed by atoms with Crippen LogP contribution in [0.15, 0.2) is 24.3 Å². The van der Waals surface area contributed by atoms with Gasteiger partial charge in [-0.25, -0.2) is 0 Å². The van der Waals surface area contributed by atoms with E-state index >= 15 is 0 Å². The Morgan fingerprint density at radius 1 is 1.26 bits per heavy atom. The monoisotopic (exact) mass is 259 g/mol. The molecule has 1 N–H and O–H groups in total. The Kier molecular flexibility index (Phi) is 4.28. The fraction of sp³-hybridized carbons (Fsp3) is 0.588. The molecule has 0 spiro atoms. The third kappa shape index (κ3) is 4.09. The van der Waals surface area contributed by atoms with E-state index in [1.165, 1.54) is 18.4 Å². The highest BCUT2D eigenvalue weighted by molar-refractivity contribution is 5.78. The van der Waals surface area contributed by atoms with E-state index in [9.17, 15) is 4.79 Å². The van der Waals surface area contributed by atoms with Crippen molar-refractivity contribution in [1.29, 1.82) is 0 Å². The summed E-state index contributed by atoms with van der Waals surface area (Å²) in [5.74, 6) is 0.165. The molecule has 2 nitrogen and oxygen atoms in total. The van der Waals surface area contributed by atoms with E-state index in [-0.39, 0.29) is 11.3 Å². The van der Waals surface area contributed by atoms with Gasteiger partial charge in [0.05, 0.1) is 6.42 Å². The first kappa shape index (κ1) is 14.1. The summed E-state index contributed by atoms with van der Waals surface area (Å²) in [7, 11) is 0. The van der Waals surface area contributed by atoms with Crippen molar-refractivity contribution in [2.75, 3.05) is 0 Å². The molecule has 0 aliphatic heterocycles. The Morgan fingerprint density at radius 2 is 1.95 bits per heavy atom. The van der Waals surface area contributed by atoms with Gasteiger partial charge in [-0.3, -0.25) is 4.79 Å². The first-order valence-electron chi connectivity index (χ1n) is 7.34. The van der Waals surface area contributed by atoms with Gasteiger partial charge in [-0.15, -0.1) is 0 Å². The zero-order valence-electron chi connectivity index (χ0n) is 12.3. The smallest absolute Gasteiger partial charge is 0.224 e. The van der Waals surface area contributed by atoms with Crippen molar-refractivity contribution >= 4 is 5.91 Å². The minimum atomic E-state index is 0.137. The third-order valence-corrected chi connectivity index (χ3v) is 3.88. The number of hydrogen-bond acceptors (Lipinski definition) is 1. The van der Waals surface area contributed by atoms with Crippen molar-refractivity contribution in [2.45, 2.75) is 64.3 Å². The number of nitrogens with one attached hydrogen (secondary N) is 1. The van der Waals surface area contributed by atoms with E-state index in [1.807, 2.05) is 6.07 Å². The van der Waals surface area contributed by atoms with Gasteiger partial charge < -0.3 is 5.32 Å². The maximum absolute atomic E-state index is 12.0. The zero-order valence-corrected chi connectivity index (χ0v) is 12.3. The Hall–Kier alpha value is -1.31. The van der Waals surface area contributed by atoms with Crippen molar-refractivity contribution in [3.05, 3.63) is 35.4 Å². The summed E-state index contributed by atoms with van der Waals surface area (Å²) in [6.07, 6.45) is 5.30. The van der Waals surface area contributed by atoms with Gasteiger partial charge in [-0.2, -0.15) is 0 Å². The van der Waals surface area contributed by atoms with Crippen LogP contribution in [0.2, 0.25) is 0 Å². The molecule has 1 aromatic rings. The molecule has 0 bridgehead atoms. The quantitative estimate of drug-likeness (QED) is 0.883. The summed E-state index contributed by atoms with van der Waals surface area (Å²) in [4.78, 5) is 12.0. The van der Waals surface area contributed by atoms with Gasteiger partial charge in [0, 0.05) is 6.04 Å². The molecule has 0 aromatic heterocycles. The maximum atomic E-state index is 12.0. The van der Waals surface area contributed by atoms with Crippen LogP contribution >= 0.6 is 0 Å². The number of carbonyl (C=O) groups is 1. The molecule has 19 heavy (non-hydrogen) atoms. The van der Waals surface area contributed by atoms with Crippen molar-refractivity contribution in [3.63, 3.8) is 0 Å². The number of carbonyl (C=O) groups excluding carboxylic acids is 1. The minimum absolute atomic E-state index is 0.137. The molecule has 0 heterocycles. The lowest BCUT2D eigenvalue weighted by Crippen LogP contribution is -2.33. The van der Waals surface area contributed by atoms with Crippen LogP contribution in [0.25, 0.3) is 0 Å². The number of rotatable bonds is 3. The molecule has 0 radical (unpaired) electrons. The number of amides is 1. The summed E-state index contributed by atoms with van der Waals surface area (Å²) >= 11 is 0. The predicted molar refractivity (Wildman–Crippen MR) is 79.2 cm³/mol. The SMILES string of the molecule is CC(C)(C)c1cccc(CC(=O)NC2CCCC2)c1. The summed E-state index contributed by atoms with van der Waals surface area (Å²) < 4.78 is 0. The minimum Gasteiger partial charge on any atom is -0.353 e. The number of hydrogen-bond donors (Lipinski definition) is 1. The second-order valence-corrected chi connectivity index (χ2v) is 6.68. The Bertz CT molecular complexity index is 439. The molecule has 2 rings (SSSR count). The lowest BCUT2D eigenvalue weighted by Gasteiger charge is -2.20. The first-order valence-corrected chi connectivity index (χ1v) is 7.34. The van der Waals surface area contributed by atoms with Crippen molar-refractivity contribution in [3.8, 4) is 0 Å². The molecular weight excluding hydrogens is 234 g/mol. The van der Waals surface area contributed by atoms with Gasteiger partial charge in [0.2, 0.25) is 5.91 Å². The predicted octanol–water partition coefficient (Wildman–Crippen LogP) is 3.59. The zero-order chi connectivity index (χ0) is 13.9. The van der Waals surface area contributed by atoms with Crippen molar-refractivity contribution in [1.82, 2.24) is 5.32 Å². The van der Waals surface area contributed by atoms with Gasteiger partial charge in [-0.1, -0.05) is 57.9 Å². The topological polar surface area (TPSA) is 29.1 Å². The fourth-order valence-corrected chi connectivity index (χ4v) is 2.68. The van der Waals surface area contributed by atoms with E-state index in [2.05, 4.69) is 44.3 Å². The second kappa shape index (κ2) is 5.77. The van der Waals surface area contributed by atoms with Crippen LogP contribution in [-0.2, 0) is 16.6 Å². The highest BCUT2D eigenvalue weighted by atomic mass is 16.1. The Morgan fingerprint density at radius 3 is 2.58 bits per heavy atom. The van der Waals surface area contributed by atoms with Gasteiger partial charge in [-0.05, 0) is 29.4 Å². The molecule has 0 unspecified atom stereocenters. The summed E-state index contributed by atoms with van der Waals surface area (Å²) in [5.41, 5.74) is 2.54. The van der Waals surface area contributed by atoms with Crippen LogP contribution < -0.4 is 5.32 Å². The largest absolute Gasteiger partial charge is 0.353 e. The van der Waals surface area contributed by atoms with Crippen LogP contribution in [0.3, 0.4) is 0 Å². The van der Waals surface area contributed by atoms with E-state index in [0.29, 0.717) is 12.5 Å². The first-order chi connectivity index (χ1) is 8.95. The number of benzene rings is 1. The molecule has 2 heteroatoms. The standard InChI is InChI=1S/C17H25NO/c1-17(2,3)14-8-6-7-13(11-14)12-16(19)18-15-9-4-5-10-15/h6-8,11,15H,4-5,9-10,12H2,1-3H3,(H,18,19). The van der Waals surface area contributed by atoms with Crippen molar-refractivity contribution < 1.29 is 4.79 Å². The average molecular weight is 259 g/mol. The van der Waals surface area contributed by atoms with Crippen molar-refractivity contribution in [2.24, 2.45) is 0 Å². The molecule has 0 atom stereocenters. The molecule has 104 valence electrons. The lowest BCUT2D eigenvalue weighted by atomic mass is 9.86. The summed E-state index contributed by atoms with van der Waals surface area (Å²) in [6.45, 7) is 6.60. The van der Waals surface area contributed by atoms with E-state index in [1.54, 1.807) is 0 Å². The second-order valence-electron chi connectivity index (χ2n) is 6.68. The highest BCUT2D eigenvalue weighted by Crippen LogP contribution is 2.23. The Balaban J connectivity index is 1.96. The molecule has 1 amide bonds. The molecule has 1 fully saturated rings. The molecule has 1 aliphatic carbocycles. The lowest BCUT2D eigenvalue weighted by molar-refractivity contribution is -0.121. The van der Waals surface area contributed by atoms with Gasteiger partial charge in [0.15, 0.2) is 0 Å². The van der Waals surface area contributed by atoms with Gasteiger partial charge in [0.1, 0.15) is 0 Å². The third-order valence-electron chi connectivity index (χ3n) is 3.88. The highest BCUT2D eigenvalue weighted by Gasteiger charge is 2.18. The van der Waals surface area contributed by atoms with Crippen LogP contribution in [0.5, 0.6) is 0 Å². The Labute approximate surface area is 116 Å². The van der Waals surface area contributed by atoms with Crippen LogP contribution in [0.1, 0.15) is 57.6 Å². The summed E-state index contributed by atoms with van der Waals surface area (Å²) in [5, 5.41) is 3.15. The normalized spacial score (nSPS) is 16.6. The molecule has 1 aliphatic rings. The van der Waals surface area contributed by atoms with E-state index < -0.39 is 0 Å². The van der Waals surface area contributed by atoms with Gasteiger partial charge in [0.25, 0.3) is 0 Å². The molecular formula is C17H25NO. The summed E-state index contributed by atoms with van der Waals surface area (Å²) in [6, 6.07) is 8.81. The molecule has 1 aromatic carbocycles. The van der Waals surface area contributed by atoms with Crippen LogP contribution in [-0.4, -0.2) is 11.9 Å². The molecule has 0 saturated heterocycles. The van der Waals surface area contributed by atoms with Crippen LogP contribution in [0, 0.1) is 0 Å². The molecule has 1 saturated carbocycles. The maximum Gasteiger partial charge on any atom is 0.224 e. The average Bonchev–Trinajstić information content (AvgIpc) is 2.80. The van der Waals surface area contributed by atoms with Crippen LogP contribution in [0.4, 0.5) is 0 Å². The van der Waals surface area contributed by atoms with E-state index in [0.717, 1.165) is 18.4 Å². The fourth-order valence-electron chi connectivity index (χ4n) is 2.68. The van der Waals surface area contributed by atoms with Gasteiger partial charge >= 0.3 is 0 Å². The van der Waals surface area contributed by atoms with E-state index in [4.69, 9.17) is 0 Å².